The Morgan fingerprint density at radius 3 is 2.50 bits per heavy atom. The van der Waals surface area contributed by atoms with Gasteiger partial charge in [-0.25, -0.2) is 9.97 Å². The molecule has 3 heteroatoms. The highest BCUT2D eigenvalue weighted by Gasteiger charge is 2.02. The Labute approximate surface area is 82.6 Å². The highest BCUT2D eigenvalue weighted by atomic mass is 15.0. The fourth-order valence-electron chi connectivity index (χ4n) is 1.39. The third-order valence-electron chi connectivity index (χ3n) is 2.08. The molecule has 0 saturated carbocycles. The van der Waals surface area contributed by atoms with E-state index < -0.39 is 0 Å². The Balaban J connectivity index is 2.53. The maximum atomic E-state index is 5.48. The molecule has 70 valence electrons. The zero-order valence-electron chi connectivity index (χ0n) is 7.94. The summed E-state index contributed by atoms with van der Waals surface area (Å²) in [5.41, 5.74) is 8.53. The van der Waals surface area contributed by atoms with Gasteiger partial charge in [-0.3, -0.25) is 0 Å². The maximum Gasteiger partial charge on any atom is 0.220 e. The molecular weight excluding hydrogens is 174 g/mol. The molecule has 1 heterocycles. The third-order valence-corrected chi connectivity index (χ3v) is 2.08. The van der Waals surface area contributed by atoms with Crippen molar-refractivity contribution in [1.29, 1.82) is 0 Å². The summed E-state index contributed by atoms with van der Waals surface area (Å²) in [7, 11) is 0. The van der Waals surface area contributed by atoms with Gasteiger partial charge in [0.2, 0.25) is 5.95 Å². The van der Waals surface area contributed by atoms with E-state index in [0.717, 1.165) is 16.8 Å². The molecule has 0 amide bonds. The van der Waals surface area contributed by atoms with Crippen molar-refractivity contribution in [2.24, 2.45) is 0 Å². The topological polar surface area (TPSA) is 51.8 Å². The molecule has 2 N–H and O–H groups in total. The molecule has 1 aromatic heterocycles. The van der Waals surface area contributed by atoms with Crippen molar-refractivity contribution in [3.8, 4) is 11.1 Å². The SMILES string of the molecule is Cc1nc(N)ncc1-c1ccccc1. The molecule has 0 unspecified atom stereocenters. The number of benzene rings is 1. The van der Waals surface area contributed by atoms with Gasteiger partial charge >= 0.3 is 0 Å². The van der Waals surface area contributed by atoms with Gasteiger partial charge in [0.05, 0.1) is 5.69 Å². The van der Waals surface area contributed by atoms with Crippen LogP contribution in [0.4, 0.5) is 5.95 Å². The molecule has 0 saturated heterocycles. The first-order valence-corrected chi connectivity index (χ1v) is 4.42. The second-order valence-electron chi connectivity index (χ2n) is 3.09. The van der Waals surface area contributed by atoms with Gasteiger partial charge in [0.1, 0.15) is 0 Å². The zero-order valence-corrected chi connectivity index (χ0v) is 7.94. The van der Waals surface area contributed by atoms with E-state index in [1.165, 1.54) is 0 Å². The van der Waals surface area contributed by atoms with Crippen LogP contribution in [0.15, 0.2) is 36.5 Å². The Morgan fingerprint density at radius 2 is 1.86 bits per heavy atom. The van der Waals surface area contributed by atoms with Crippen LogP contribution in [0.3, 0.4) is 0 Å². The average Bonchev–Trinajstić information content (AvgIpc) is 2.19. The molecule has 3 nitrogen and oxygen atoms in total. The normalized spacial score (nSPS) is 10.1. The van der Waals surface area contributed by atoms with Crippen LogP contribution in [0, 0.1) is 6.92 Å². The number of aryl methyl sites for hydroxylation is 1. The van der Waals surface area contributed by atoms with Crippen LogP contribution in [-0.4, -0.2) is 9.97 Å². The van der Waals surface area contributed by atoms with Crippen LogP contribution in [0.25, 0.3) is 11.1 Å². The van der Waals surface area contributed by atoms with Gasteiger partial charge < -0.3 is 5.73 Å². The number of hydrogen-bond donors (Lipinski definition) is 1. The minimum absolute atomic E-state index is 0.321. The van der Waals surface area contributed by atoms with Gasteiger partial charge in [0.25, 0.3) is 0 Å². The lowest BCUT2D eigenvalue weighted by atomic mass is 10.1. The predicted molar refractivity (Wildman–Crippen MR) is 56.6 cm³/mol. The van der Waals surface area contributed by atoms with E-state index in [2.05, 4.69) is 9.97 Å². The molecule has 0 fully saturated rings. The first kappa shape index (κ1) is 8.69. The standard InChI is InChI=1S/C11H11N3/c1-8-10(7-13-11(12)14-8)9-5-3-2-4-6-9/h2-7H,1H3,(H2,12,13,14). The van der Waals surface area contributed by atoms with Crippen LogP contribution in [0.5, 0.6) is 0 Å². The van der Waals surface area contributed by atoms with E-state index in [4.69, 9.17) is 5.73 Å². The number of nitrogen functional groups attached to an aromatic ring is 1. The number of anilines is 1. The van der Waals surface area contributed by atoms with Crippen LogP contribution in [-0.2, 0) is 0 Å². The third kappa shape index (κ3) is 1.57. The largest absolute Gasteiger partial charge is 0.368 e. The molecule has 0 atom stereocenters. The molecule has 2 rings (SSSR count). The minimum Gasteiger partial charge on any atom is -0.368 e. The van der Waals surface area contributed by atoms with Crippen molar-refractivity contribution in [2.45, 2.75) is 6.92 Å². The number of hydrogen-bond acceptors (Lipinski definition) is 3. The van der Waals surface area contributed by atoms with Crippen molar-refractivity contribution in [3.63, 3.8) is 0 Å². The van der Waals surface area contributed by atoms with E-state index in [1.807, 2.05) is 37.3 Å². The molecule has 2 aromatic rings. The van der Waals surface area contributed by atoms with Crippen molar-refractivity contribution in [1.82, 2.24) is 9.97 Å². The monoisotopic (exact) mass is 185 g/mol. The predicted octanol–water partition coefficient (Wildman–Crippen LogP) is 2.03. The molecule has 14 heavy (non-hydrogen) atoms. The van der Waals surface area contributed by atoms with E-state index in [9.17, 15) is 0 Å². The number of aromatic nitrogens is 2. The fourth-order valence-corrected chi connectivity index (χ4v) is 1.39. The van der Waals surface area contributed by atoms with E-state index in [0.29, 0.717) is 5.95 Å². The second-order valence-corrected chi connectivity index (χ2v) is 3.09. The van der Waals surface area contributed by atoms with Crippen LogP contribution >= 0.6 is 0 Å². The summed E-state index contributed by atoms with van der Waals surface area (Å²) in [6, 6.07) is 10.0. The highest BCUT2D eigenvalue weighted by Crippen LogP contribution is 2.20. The average molecular weight is 185 g/mol. The molecule has 1 aromatic carbocycles. The van der Waals surface area contributed by atoms with Gasteiger partial charge in [-0.05, 0) is 12.5 Å². The lowest BCUT2D eigenvalue weighted by Crippen LogP contribution is -1.97. The summed E-state index contributed by atoms with van der Waals surface area (Å²) in [6.07, 6.45) is 1.76. The lowest BCUT2D eigenvalue weighted by molar-refractivity contribution is 1.12. The first-order valence-electron chi connectivity index (χ1n) is 4.42. The van der Waals surface area contributed by atoms with E-state index >= 15 is 0 Å². The summed E-state index contributed by atoms with van der Waals surface area (Å²) in [5.74, 6) is 0.321. The molecule has 0 aliphatic rings. The van der Waals surface area contributed by atoms with Gasteiger partial charge in [-0.1, -0.05) is 30.3 Å². The minimum atomic E-state index is 0.321. The van der Waals surface area contributed by atoms with Crippen molar-refractivity contribution in [2.75, 3.05) is 5.73 Å². The van der Waals surface area contributed by atoms with Gasteiger partial charge in [0.15, 0.2) is 0 Å². The number of nitrogens with two attached hydrogens (primary N) is 1. The summed E-state index contributed by atoms with van der Waals surface area (Å²) in [5, 5.41) is 0. The Kier molecular flexibility index (Phi) is 2.14. The van der Waals surface area contributed by atoms with E-state index in [-0.39, 0.29) is 0 Å². The molecular formula is C11H11N3. The number of rotatable bonds is 1. The van der Waals surface area contributed by atoms with Crippen molar-refractivity contribution < 1.29 is 0 Å². The second kappa shape index (κ2) is 3.46. The van der Waals surface area contributed by atoms with E-state index in [1.54, 1.807) is 6.20 Å². The Bertz CT molecular complexity index is 438. The van der Waals surface area contributed by atoms with Crippen LogP contribution in [0.1, 0.15) is 5.69 Å². The van der Waals surface area contributed by atoms with Gasteiger partial charge in [0, 0.05) is 11.8 Å². The van der Waals surface area contributed by atoms with Gasteiger partial charge in [-0.2, -0.15) is 0 Å². The quantitative estimate of drug-likeness (QED) is 0.739. The Morgan fingerprint density at radius 1 is 1.14 bits per heavy atom. The smallest absolute Gasteiger partial charge is 0.220 e. The molecule has 0 aliphatic carbocycles. The summed E-state index contributed by atoms with van der Waals surface area (Å²) >= 11 is 0. The molecule has 0 spiro atoms. The van der Waals surface area contributed by atoms with Crippen molar-refractivity contribution in [3.05, 3.63) is 42.2 Å². The number of nitrogens with zero attached hydrogens (tertiary/aromatic N) is 2. The molecule has 0 aliphatic heterocycles. The van der Waals surface area contributed by atoms with Crippen LogP contribution < -0.4 is 5.73 Å². The molecule has 0 radical (unpaired) electrons. The first-order chi connectivity index (χ1) is 6.77. The van der Waals surface area contributed by atoms with Crippen LogP contribution in [0.2, 0.25) is 0 Å². The fraction of sp³-hybridized carbons (Fsp3) is 0.0909. The summed E-state index contributed by atoms with van der Waals surface area (Å²) < 4.78 is 0. The maximum absolute atomic E-state index is 5.48. The summed E-state index contributed by atoms with van der Waals surface area (Å²) in [6.45, 7) is 1.93. The van der Waals surface area contributed by atoms with Gasteiger partial charge in [-0.15, -0.1) is 0 Å². The Hall–Kier alpha value is -1.90. The highest BCUT2D eigenvalue weighted by molar-refractivity contribution is 5.64. The zero-order chi connectivity index (χ0) is 9.97. The summed E-state index contributed by atoms with van der Waals surface area (Å²) in [4.78, 5) is 8.10. The molecule has 0 bridgehead atoms. The lowest BCUT2D eigenvalue weighted by Gasteiger charge is -2.04. The van der Waals surface area contributed by atoms with Crippen molar-refractivity contribution >= 4 is 5.95 Å².